The van der Waals surface area contributed by atoms with E-state index in [1.54, 1.807) is 10.7 Å². The Morgan fingerprint density at radius 2 is 2.41 bits per heavy atom. The molecule has 3 rings (SSSR count). The minimum atomic E-state index is 0.540. The molecule has 17 heavy (non-hydrogen) atoms. The van der Waals surface area contributed by atoms with Crippen LogP contribution in [0.2, 0.25) is 0 Å². The van der Waals surface area contributed by atoms with Gasteiger partial charge in [-0.15, -0.1) is 0 Å². The Hall–Kier alpha value is -1.62. The Kier molecular flexibility index (Phi) is 2.48. The third-order valence-corrected chi connectivity index (χ3v) is 3.49. The summed E-state index contributed by atoms with van der Waals surface area (Å²) in [6.45, 7) is 5.60. The van der Waals surface area contributed by atoms with Crippen LogP contribution in [0.3, 0.4) is 0 Å². The molecule has 0 bridgehead atoms. The Morgan fingerprint density at radius 1 is 1.53 bits per heavy atom. The number of likely N-dealkylation sites (N-methyl/N-ethyl adjacent to an activating group) is 1. The number of nitrogens with two attached hydrogens (primary N) is 1. The van der Waals surface area contributed by atoms with Gasteiger partial charge in [0.2, 0.25) is 0 Å². The number of hydrogen-bond acceptors (Lipinski definition) is 4. The number of nitrogens with zero attached hydrogens (tertiary/aromatic N) is 4. The first kappa shape index (κ1) is 10.5. The van der Waals surface area contributed by atoms with Gasteiger partial charge >= 0.3 is 0 Å². The van der Waals surface area contributed by atoms with Crippen LogP contribution in [0, 0.1) is 0 Å². The molecule has 1 unspecified atom stereocenters. The summed E-state index contributed by atoms with van der Waals surface area (Å²) < 4.78 is 1.78. The van der Waals surface area contributed by atoms with Crippen molar-refractivity contribution in [1.29, 1.82) is 0 Å². The highest BCUT2D eigenvalue weighted by molar-refractivity contribution is 5.45. The fraction of sp³-hybridized carbons (Fsp3) is 0.500. The summed E-state index contributed by atoms with van der Waals surface area (Å²) in [4.78, 5) is 6.73. The summed E-state index contributed by atoms with van der Waals surface area (Å²) in [5.41, 5.74) is 8.36. The standard InChI is InChI=1S/C12H17N5/c1-2-16-4-3-9(7-16)11-5-12-14-6-10(13)8-17(12)15-11/h5-6,8-9H,2-4,7,13H2,1H3. The van der Waals surface area contributed by atoms with E-state index < -0.39 is 0 Å². The topological polar surface area (TPSA) is 59.5 Å². The Balaban J connectivity index is 1.91. The number of rotatable bonds is 2. The van der Waals surface area contributed by atoms with Gasteiger partial charge < -0.3 is 10.6 Å². The zero-order valence-electron chi connectivity index (χ0n) is 10.0. The van der Waals surface area contributed by atoms with Gasteiger partial charge in [-0.1, -0.05) is 6.92 Å². The molecule has 2 aromatic rings. The highest BCUT2D eigenvalue weighted by Crippen LogP contribution is 2.26. The van der Waals surface area contributed by atoms with Crippen molar-refractivity contribution in [2.24, 2.45) is 0 Å². The summed E-state index contributed by atoms with van der Waals surface area (Å²) in [5, 5.41) is 4.57. The van der Waals surface area contributed by atoms with Crippen LogP contribution in [-0.2, 0) is 0 Å². The molecule has 3 heterocycles. The fourth-order valence-corrected chi connectivity index (χ4v) is 2.47. The van der Waals surface area contributed by atoms with Crippen molar-refractivity contribution >= 4 is 11.3 Å². The van der Waals surface area contributed by atoms with Gasteiger partial charge in [0.1, 0.15) is 0 Å². The molecule has 2 aromatic heterocycles. The predicted molar refractivity (Wildman–Crippen MR) is 66.9 cm³/mol. The lowest BCUT2D eigenvalue weighted by Crippen LogP contribution is -2.19. The quantitative estimate of drug-likeness (QED) is 0.841. The average molecular weight is 231 g/mol. The Labute approximate surface area is 100 Å². The second kappa shape index (κ2) is 4.00. The van der Waals surface area contributed by atoms with E-state index >= 15 is 0 Å². The Bertz CT molecular complexity index is 533. The summed E-state index contributed by atoms with van der Waals surface area (Å²) in [7, 11) is 0. The van der Waals surface area contributed by atoms with Crippen molar-refractivity contribution in [2.75, 3.05) is 25.4 Å². The van der Waals surface area contributed by atoms with Gasteiger partial charge in [0.05, 0.1) is 23.8 Å². The van der Waals surface area contributed by atoms with E-state index in [2.05, 4.69) is 28.0 Å². The van der Waals surface area contributed by atoms with Gasteiger partial charge in [0.15, 0.2) is 5.65 Å². The van der Waals surface area contributed by atoms with Crippen molar-refractivity contribution in [3.8, 4) is 0 Å². The van der Waals surface area contributed by atoms with Gasteiger partial charge in [-0.3, -0.25) is 0 Å². The predicted octanol–water partition coefficient (Wildman–Crippen LogP) is 1.12. The maximum Gasteiger partial charge on any atom is 0.155 e. The number of nitrogen functional groups attached to an aromatic ring is 1. The van der Waals surface area contributed by atoms with E-state index in [0.717, 1.165) is 24.4 Å². The Morgan fingerprint density at radius 3 is 3.18 bits per heavy atom. The van der Waals surface area contributed by atoms with E-state index in [-0.39, 0.29) is 0 Å². The molecule has 0 radical (unpaired) electrons. The SMILES string of the molecule is CCN1CCC(c2cc3ncc(N)cn3n2)C1. The number of anilines is 1. The second-order valence-corrected chi connectivity index (χ2v) is 4.64. The van der Waals surface area contributed by atoms with Gasteiger partial charge in [-0.25, -0.2) is 9.50 Å². The molecule has 0 aliphatic carbocycles. The lowest BCUT2D eigenvalue weighted by Gasteiger charge is -2.11. The summed E-state index contributed by atoms with van der Waals surface area (Å²) in [6.07, 6.45) is 4.68. The molecule has 1 fully saturated rings. The molecule has 0 aromatic carbocycles. The molecule has 1 aliphatic heterocycles. The number of likely N-dealkylation sites (tertiary alicyclic amines) is 1. The smallest absolute Gasteiger partial charge is 0.155 e. The van der Waals surface area contributed by atoms with E-state index in [1.165, 1.54) is 13.0 Å². The lowest BCUT2D eigenvalue weighted by molar-refractivity contribution is 0.353. The first-order chi connectivity index (χ1) is 8.26. The van der Waals surface area contributed by atoms with Crippen LogP contribution in [0.1, 0.15) is 25.0 Å². The largest absolute Gasteiger partial charge is 0.396 e. The van der Waals surface area contributed by atoms with Crippen molar-refractivity contribution in [3.63, 3.8) is 0 Å². The number of fused-ring (bicyclic) bond motifs is 1. The molecular weight excluding hydrogens is 214 g/mol. The molecule has 0 saturated carbocycles. The molecular formula is C12H17N5. The summed E-state index contributed by atoms with van der Waals surface area (Å²) in [5.74, 6) is 0.540. The molecule has 1 saturated heterocycles. The van der Waals surface area contributed by atoms with E-state index in [9.17, 15) is 0 Å². The number of aromatic nitrogens is 3. The van der Waals surface area contributed by atoms with Crippen LogP contribution >= 0.6 is 0 Å². The van der Waals surface area contributed by atoms with Crippen molar-refractivity contribution < 1.29 is 0 Å². The van der Waals surface area contributed by atoms with Gasteiger partial charge in [-0.2, -0.15) is 5.10 Å². The first-order valence-electron chi connectivity index (χ1n) is 6.09. The van der Waals surface area contributed by atoms with Crippen molar-refractivity contribution in [1.82, 2.24) is 19.5 Å². The normalized spacial score (nSPS) is 21.4. The molecule has 0 spiro atoms. The molecule has 0 amide bonds. The van der Waals surface area contributed by atoms with Gasteiger partial charge in [0.25, 0.3) is 0 Å². The molecule has 5 nitrogen and oxygen atoms in total. The van der Waals surface area contributed by atoms with E-state index in [0.29, 0.717) is 11.6 Å². The first-order valence-corrected chi connectivity index (χ1v) is 6.09. The maximum absolute atomic E-state index is 5.70. The summed E-state index contributed by atoms with van der Waals surface area (Å²) in [6, 6.07) is 2.07. The van der Waals surface area contributed by atoms with Crippen LogP contribution in [0.15, 0.2) is 18.5 Å². The second-order valence-electron chi connectivity index (χ2n) is 4.64. The maximum atomic E-state index is 5.70. The fourth-order valence-electron chi connectivity index (χ4n) is 2.47. The minimum absolute atomic E-state index is 0.540. The van der Waals surface area contributed by atoms with Gasteiger partial charge in [0, 0.05) is 18.5 Å². The molecule has 2 N–H and O–H groups in total. The average Bonchev–Trinajstić information content (AvgIpc) is 2.93. The molecule has 1 atom stereocenters. The van der Waals surface area contributed by atoms with Gasteiger partial charge in [-0.05, 0) is 19.5 Å². The van der Waals surface area contributed by atoms with Crippen LogP contribution in [-0.4, -0.2) is 39.1 Å². The highest BCUT2D eigenvalue weighted by atomic mass is 15.3. The summed E-state index contributed by atoms with van der Waals surface area (Å²) >= 11 is 0. The third-order valence-electron chi connectivity index (χ3n) is 3.49. The number of hydrogen-bond donors (Lipinski definition) is 1. The lowest BCUT2D eigenvalue weighted by atomic mass is 10.1. The minimum Gasteiger partial charge on any atom is -0.396 e. The monoisotopic (exact) mass is 231 g/mol. The van der Waals surface area contributed by atoms with Crippen LogP contribution in [0.4, 0.5) is 5.69 Å². The van der Waals surface area contributed by atoms with Crippen molar-refractivity contribution in [3.05, 3.63) is 24.2 Å². The molecule has 1 aliphatic rings. The zero-order chi connectivity index (χ0) is 11.8. The van der Waals surface area contributed by atoms with Crippen LogP contribution in [0.25, 0.3) is 5.65 Å². The van der Waals surface area contributed by atoms with Crippen molar-refractivity contribution in [2.45, 2.75) is 19.3 Å². The highest BCUT2D eigenvalue weighted by Gasteiger charge is 2.24. The molecule has 5 heteroatoms. The molecule has 90 valence electrons. The third kappa shape index (κ3) is 1.86. The van der Waals surface area contributed by atoms with E-state index in [1.807, 2.05) is 6.20 Å². The van der Waals surface area contributed by atoms with Crippen LogP contribution in [0.5, 0.6) is 0 Å². The zero-order valence-corrected chi connectivity index (χ0v) is 10.0. The van der Waals surface area contributed by atoms with E-state index in [4.69, 9.17) is 5.73 Å². The van der Waals surface area contributed by atoms with Crippen LogP contribution < -0.4 is 5.73 Å².